The van der Waals surface area contributed by atoms with E-state index < -0.39 is 15.8 Å². The predicted octanol–water partition coefficient (Wildman–Crippen LogP) is 5.24. The van der Waals surface area contributed by atoms with Crippen molar-refractivity contribution < 1.29 is 27.0 Å². The minimum Gasteiger partial charge on any atom is -0.493 e. The highest BCUT2D eigenvalue weighted by molar-refractivity contribution is 7.92. The van der Waals surface area contributed by atoms with Crippen LogP contribution < -0.4 is 18.9 Å². The van der Waals surface area contributed by atoms with Crippen LogP contribution in [0.2, 0.25) is 0 Å². The van der Waals surface area contributed by atoms with E-state index in [2.05, 4.69) is 9.71 Å². The molecule has 0 fully saturated rings. The van der Waals surface area contributed by atoms with Crippen LogP contribution in [0.1, 0.15) is 0 Å². The van der Waals surface area contributed by atoms with Crippen molar-refractivity contribution in [2.24, 2.45) is 0 Å². The number of aromatic nitrogens is 1. The lowest BCUT2D eigenvalue weighted by Crippen LogP contribution is -2.09. The van der Waals surface area contributed by atoms with E-state index in [1.54, 1.807) is 18.2 Å². The molecule has 0 aliphatic heterocycles. The summed E-state index contributed by atoms with van der Waals surface area (Å²) in [4.78, 5) is 4.26. The normalized spacial score (nSPS) is 10.7. The first kappa shape index (κ1) is 23.8. The Hall–Kier alpha value is -3.85. The molecule has 0 radical (unpaired) electrons. The van der Waals surface area contributed by atoms with Gasteiger partial charge in [0.25, 0.3) is 0 Å². The van der Waals surface area contributed by atoms with E-state index in [-0.39, 0.29) is 11.4 Å². The number of fused-ring (bicyclic) bond motifs is 1. The maximum atomic E-state index is 14.4. The summed E-state index contributed by atoms with van der Waals surface area (Å²) in [6, 6.07) is 20.8. The van der Waals surface area contributed by atoms with E-state index in [0.29, 0.717) is 28.2 Å². The molecule has 33 heavy (non-hydrogen) atoms. The highest BCUT2D eigenvalue weighted by atomic mass is 32.2. The fourth-order valence-electron chi connectivity index (χ4n) is 2.90. The molecule has 0 saturated carbocycles. The van der Waals surface area contributed by atoms with Crippen LogP contribution in [0.3, 0.4) is 0 Å². The Balaban J connectivity index is 0.000000442. The molecule has 9 heteroatoms. The van der Waals surface area contributed by atoms with Crippen molar-refractivity contribution in [3.05, 3.63) is 84.8 Å². The number of hydrogen-bond acceptors (Lipinski definition) is 6. The van der Waals surface area contributed by atoms with Gasteiger partial charge in [-0.1, -0.05) is 36.4 Å². The van der Waals surface area contributed by atoms with Crippen LogP contribution in [0.4, 0.5) is 10.1 Å². The molecule has 1 N–H and O–H groups in total. The molecule has 3 aromatic carbocycles. The van der Waals surface area contributed by atoms with E-state index in [1.807, 2.05) is 36.4 Å². The van der Waals surface area contributed by atoms with Crippen molar-refractivity contribution in [3.63, 3.8) is 0 Å². The lowest BCUT2D eigenvalue weighted by Gasteiger charge is -2.13. The van der Waals surface area contributed by atoms with Gasteiger partial charge < -0.3 is 14.2 Å². The Bertz CT molecular complexity index is 1310. The minimum absolute atomic E-state index is 0.0589. The van der Waals surface area contributed by atoms with E-state index in [9.17, 15) is 12.8 Å². The van der Waals surface area contributed by atoms with Gasteiger partial charge in [-0.15, -0.1) is 0 Å². The van der Waals surface area contributed by atoms with Gasteiger partial charge in [-0.2, -0.15) is 0 Å². The van der Waals surface area contributed by atoms with Crippen LogP contribution in [0.25, 0.3) is 10.9 Å². The summed E-state index contributed by atoms with van der Waals surface area (Å²) < 4.78 is 55.3. The van der Waals surface area contributed by atoms with Gasteiger partial charge in [0.1, 0.15) is 5.75 Å². The second-order valence-corrected chi connectivity index (χ2v) is 8.56. The molecule has 7 nitrogen and oxygen atoms in total. The van der Waals surface area contributed by atoms with Crippen LogP contribution in [-0.2, 0) is 10.0 Å². The van der Waals surface area contributed by atoms with Crippen molar-refractivity contribution >= 4 is 26.6 Å². The molecule has 0 unspecified atom stereocenters. The summed E-state index contributed by atoms with van der Waals surface area (Å²) in [6.45, 7) is 0. The van der Waals surface area contributed by atoms with Crippen LogP contribution >= 0.6 is 0 Å². The van der Waals surface area contributed by atoms with Gasteiger partial charge in [-0.3, -0.25) is 9.71 Å². The average molecular weight is 471 g/mol. The number of ether oxygens (including phenoxy) is 3. The summed E-state index contributed by atoms with van der Waals surface area (Å²) >= 11 is 0. The zero-order chi connectivity index (χ0) is 23.8. The van der Waals surface area contributed by atoms with Gasteiger partial charge in [-0.05, 0) is 24.3 Å². The summed E-state index contributed by atoms with van der Waals surface area (Å²) in [7, 11) is -0.473. The summed E-state index contributed by atoms with van der Waals surface area (Å²) in [5.74, 6) is 0.585. The number of benzene rings is 3. The predicted molar refractivity (Wildman–Crippen MR) is 126 cm³/mol. The number of hydrogen-bond donors (Lipinski definition) is 1. The molecule has 4 rings (SSSR count). The number of nitrogens with one attached hydrogen (secondary N) is 1. The molecule has 0 amide bonds. The topological polar surface area (TPSA) is 86.8 Å². The van der Waals surface area contributed by atoms with Gasteiger partial charge >= 0.3 is 0 Å². The number of pyridine rings is 1. The molecule has 1 heterocycles. The van der Waals surface area contributed by atoms with Crippen LogP contribution in [-0.4, -0.2) is 33.9 Å². The molecular weight excluding hydrogens is 447 g/mol. The van der Waals surface area contributed by atoms with E-state index in [4.69, 9.17) is 14.2 Å². The maximum Gasteiger partial charge on any atom is 0.229 e. The van der Waals surface area contributed by atoms with Gasteiger partial charge in [-0.25, -0.2) is 12.8 Å². The summed E-state index contributed by atoms with van der Waals surface area (Å²) in [5, 5.41) is 0.605. The van der Waals surface area contributed by atoms with Crippen molar-refractivity contribution in [2.45, 2.75) is 0 Å². The molecule has 0 saturated heterocycles. The maximum absolute atomic E-state index is 14.4. The van der Waals surface area contributed by atoms with Crippen molar-refractivity contribution in [3.8, 4) is 23.0 Å². The standard InChI is InChI=1S/C18H17FN2O5S.C6H6/c1-24-17-9-12-14(10-18(17)25-2)20-7-6-15(12)26-16-5-4-11(8-13(16)19)21-27(3,22)23;1-2-4-6-5-3-1/h4-10,21H,1-3H3;1-6H. The van der Waals surface area contributed by atoms with Crippen LogP contribution in [0.5, 0.6) is 23.0 Å². The van der Waals surface area contributed by atoms with Crippen LogP contribution in [0, 0.1) is 5.82 Å². The summed E-state index contributed by atoms with van der Waals surface area (Å²) in [6.07, 6.45) is 2.52. The Morgan fingerprint density at radius 3 is 1.97 bits per heavy atom. The lowest BCUT2D eigenvalue weighted by atomic mass is 10.2. The third-order valence-corrected chi connectivity index (χ3v) is 4.94. The quantitative estimate of drug-likeness (QED) is 0.415. The molecule has 0 aliphatic rings. The average Bonchev–Trinajstić information content (AvgIpc) is 2.80. The third kappa shape index (κ3) is 6.56. The molecule has 0 bridgehead atoms. The fraction of sp³-hybridized carbons (Fsp3) is 0.125. The second-order valence-electron chi connectivity index (χ2n) is 6.81. The molecule has 1 aromatic heterocycles. The molecule has 0 atom stereocenters. The highest BCUT2D eigenvalue weighted by Gasteiger charge is 2.14. The Kier molecular flexibility index (Phi) is 7.68. The highest BCUT2D eigenvalue weighted by Crippen LogP contribution is 2.37. The number of anilines is 1. The summed E-state index contributed by atoms with van der Waals surface area (Å²) in [5.41, 5.74) is 0.689. The minimum atomic E-state index is -3.50. The molecule has 172 valence electrons. The Labute approximate surface area is 191 Å². The molecule has 0 spiro atoms. The number of halogens is 1. The van der Waals surface area contributed by atoms with E-state index >= 15 is 0 Å². The fourth-order valence-corrected chi connectivity index (χ4v) is 3.46. The molecule has 0 aliphatic carbocycles. The lowest BCUT2D eigenvalue weighted by molar-refractivity contribution is 0.355. The smallest absolute Gasteiger partial charge is 0.229 e. The number of methoxy groups -OCH3 is 2. The van der Waals surface area contributed by atoms with Crippen molar-refractivity contribution in [1.29, 1.82) is 0 Å². The number of sulfonamides is 1. The molecular formula is C24H23FN2O5S. The first-order valence-corrected chi connectivity index (χ1v) is 11.7. The van der Waals surface area contributed by atoms with Crippen LogP contribution in [0.15, 0.2) is 79.0 Å². The van der Waals surface area contributed by atoms with Crippen molar-refractivity contribution in [2.75, 3.05) is 25.2 Å². The van der Waals surface area contributed by atoms with Gasteiger partial charge in [0.05, 0.1) is 31.7 Å². The number of rotatable bonds is 6. The largest absolute Gasteiger partial charge is 0.493 e. The second kappa shape index (κ2) is 10.6. The Morgan fingerprint density at radius 2 is 1.42 bits per heavy atom. The zero-order valence-corrected chi connectivity index (χ0v) is 19.1. The van der Waals surface area contributed by atoms with E-state index in [0.717, 1.165) is 12.3 Å². The van der Waals surface area contributed by atoms with Gasteiger partial charge in [0, 0.05) is 23.7 Å². The first-order chi connectivity index (χ1) is 15.8. The monoisotopic (exact) mass is 470 g/mol. The third-order valence-electron chi connectivity index (χ3n) is 4.33. The van der Waals surface area contributed by atoms with Crippen molar-refractivity contribution in [1.82, 2.24) is 4.98 Å². The number of nitrogens with zero attached hydrogens (tertiary/aromatic N) is 1. The van der Waals surface area contributed by atoms with Gasteiger partial charge in [0.15, 0.2) is 23.1 Å². The first-order valence-electron chi connectivity index (χ1n) is 9.76. The SMILES string of the molecule is COc1cc2nccc(Oc3ccc(NS(C)(=O)=O)cc3F)c2cc1OC.c1ccccc1. The zero-order valence-electron chi connectivity index (χ0n) is 18.3. The Morgan fingerprint density at radius 1 is 0.818 bits per heavy atom. The molecule has 4 aromatic rings. The van der Waals surface area contributed by atoms with Gasteiger partial charge in [0.2, 0.25) is 10.0 Å². The van der Waals surface area contributed by atoms with E-state index in [1.165, 1.54) is 32.5 Å².